The fourth-order valence-corrected chi connectivity index (χ4v) is 1.68. The molecule has 0 unspecified atom stereocenters. The van der Waals surface area contributed by atoms with Crippen LogP contribution < -0.4 is 5.73 Å². The normalized spacial score (nSPS) is 15.0. The average Bonchev–Trinajstić information content (AvgIpc) is 2.52. The van der Waals surface area contributed by atoms with Crippen LogP contribution >= 0.6 is 0 Å². The molecule has 8 heteroatoms. The van der Waals surface area contributed by atoms with Crippen molar-refractivity contribution in [2.24, 2.45) is 0 Å². The van der Waals surface area contributed by atoms with Crippen LogP contribution in [0.3, 0.4) is 0 Å². The molecule has 1 heterocycles. The van der Waals surface area contributed by atoms with Gasteiger partial charge in [-0.2, -0.15) is 13.2 Å². The molecule has 0 fully saturated rings. The minimum absolute atomic E-state index is 0.0700. The van der Waals surface area contributed by atoms with E-state index >= 15 is 0 Å². The second kappa shape index (κ2) is 4.54. The predicted octanol–water partition coefficient (Wildman–Crippen LogP) is 1.40. The van der Waals surface area contributed by atoms with E-state index < -0.39 is 31.3 Å². The molecular formula is C11H9F3N2O3. The molecule has 0 aliphatic carbocycles. The maximum atomic E-state index is 11.9. The summed E-state index contributed by atoms with van der Waals surface area (Å²) in [6.07, 6.45) is -4.51. The topological polar surface area (TPSA) is 72.6 Å². The number of alkyl halides is 3. The summed E-state index contributed by atoms with van der Waals surface area (Å²) in [4.78, 5) is 24.2. The highest BCUT2D eigenvalue weighted by atomic mass is 19.4. The van der Waals surface area contributed by atoms with Crippen molar-refractivity contribution in [1.29, 1.82) is 0 Å². The third-order valence-electron chi connectivity index (χ3n) is 2.48. The first-order valence-corrected chi connectivity index (χ1v) is 5.20. The van der Waals surface area contributed by atoms with Gasteiger partial charge < -0.3 is 10.5 Å². The van der Waals surface area contributed by atoms with Gasteiger partial charge in [0.15, 0.2) is 0 Å². The van der Waals surface area contributed by atoms with Crippen LogP contribution in [-0.4, -0.2) is 36.2 Å². The molecule has 0 radical (unpaired) electrons. The van der Waals surface area contributed by atoms with Crippen LogP contribution in [0, 0.1) is 0 Å². The zero-order valence-corrected chi connectivity index (χ0v) is 9.53. The van der Waals surface area contributed by atoms with Gasteiger partial charge >= 0.3 is 6.18 Å². The Hall–Kier alpha value is -2.09. The highest BCUT2D eigenvalue weighted by Gasteiger charge is 2.36. The Morgan fingerprint density at radius 2 is 1.79 bits per heavy atom. The number of hydrogen-bond donors (Lipinski definition) is 1. The lowest BCUT2D eigenvalue weighted by molar-refractivity contribution is -0.179. The van der Waals surface area contributed by atoms with Crippen LogP contribution in [0.25, 0.3) is 0 Å². The van der Waals surface area contributed by atoms with Gasteiger partial charge in [-0.25, -0.2) is 4.90 Å². The molecule has 2 N–H and O–H groups in total. The van der Waals surface area contributed by atoms with Gasteiger partial charge in [0.2, 0.25) is 0 Å². The van der Waals surface area contributed by atoms with Crippen LogP contribution in [0.5, 0.6) is 0 Å². The summed E-state index contributed by atoms with van der Waals surface area (Å²) in [5, 5.41) is 0. The molecule has 1 aliphatic heterocycles. The van der Waals surface area contributed by atoms with Crippen LogP contribution in [-0.2, 0) is 4.74 Å². The molecular weight excluding hydrogens is 265 g/mol. The number of benzene rings is 1. The number of rotatable bonds is 3. The molecule has 0 saturated carbocycles. The second-order valence-corrected chi connectivity index (χ2v) is 3.94. The van der Waals surface area contributed by atoms with Crippen LogP contribution in [0.1, 0.15) is 20.7 Å². The van der Waals surface area contributed by atoms with Gasteiger partial charge in [-0.05, 0) is 18.2 Å². The summed E-state index contributed by atoms with van der Waals surface area (Å²) in [6.45, 7) is -2.27. The number of nitrogens with two attached hydrogens (primary N) is 1. The van der Waals surface area contributed by atoms with Gasteiger partial charge in [0, 0.05) is 5.69 Å². The van der Waals surface area contributed by atoms with Crippen molar-refractivity contribution >= 4 is 17.5 Å². The molecule has 0 spiro atoms. The molecule has 1 aromatic carbocycles. The average molecular weight is 274 g/mol. The number of carbonyl (C=O) groups is 2. The van der Waals surface area contributed by atoms with Gasteiger partial charge in [-0.1, -0.05) is 0 Å². The zero-order chi connectivity index (χ0) is 14.2. The first-order chi connectivity index (χ1) is 8.79. The lowest BCUT2D eigenvalue weighted by Gasteiger charge is -2.14. The number of halogens is 3. The fourth-order valence-electron chi connectivity index (χ4n) is 1.68. The molecule has 5 nitrogen and oxygen atoms in total. The summed E-state index contributed by atoms with van der Waals surface area (Å²) in [6, 6.07) is 4.10. The summed E-state index contributed by atoms with van der Waals surface area (Å²) in [5.41, 5.74) is 5.95. The number of carbonyl (C=O) groups excluding carboxylic acids is 2. The largest absolute Gasteiger partial charge is 0.411 e. The Kier molecular flexibility index (Phi) is 3.19. The third-order valence-corrected chi connectivity index (χ3v) is 2.48. The van der Waals surface area contributed by atoms with Gasteiger partial charge in [0.05, 0.1) is 11.1 Å². The second-order valence-electron chi connectivity index (χ2n) is 3.94. The number of ether oxygens (including phenoxy) is 1. The van der Waals surface area contributed by atoms with Crippen molar-refractivity contribution in [3.63, 3.8) is 0 Å². The van der Waals surface area contributed by atoms with Gasteiger partial charge in [0.1, 0.15) is 13.3 Å². The highest BCUT2D eigenvalue weighted by molar-refractivity contribution is 6.21. The van der Waals surface area contributed by atoms with Crippen molar-refractivity contribution in [3.8, 4) is 0 Å². The maximum absolute atomic E-state index is 11.9. The molecule has 0 saturated heterocycles. The summed E-state index contributed by atoms with van der Waals surface area (Å²) >= 11 is 0. The van der Waals surface area contributed by atoms with Crippen LogP contribution in [0.15, 0.2) is 18.2 Å². The SMILES string of the molecule is Nc1ccc2c(c1)C(=O)N(COCC(F)(F)F)C2=O. The van der Waals surface area contributed by atoms with Gasteiger partial charge in [-0.3, -0.25) is 9.59 Å². The first-order valence-electron chi connectivity index (χ1n) is 5.20. The van der Waals surface area contributed by atoms with Crippen molar-refractivity contribution in [1.82, 2.24) is 4.90 Å². The molecule has 0 bridgehead atoms. The maximum Gasteiger partial charge on any atom is 0.411 e. The minimum atomic E-state index is -4.51. The van der Waals surface area contributed by atoms with E-state index in [0.717, 1.165) is 0 Å². The Morgan fingerprint density at radius 1 is 1.16 bits per heavy atom. The molecule has 1 aliphatic rings. The Balaban J connectivity index is 2.10. The van der Waals surface area contributed by atoms with E-state index in [9.17, 15) is 22.8 Å². The van der Waals surface area contributed by atoms with Crippen molar-refractivity contribution < 1.29 is 27.5 Å². The van der Waals surface area contributed by atoms with Crippen molar-refractivity contribution in [2.45, 2.75) is 6.18 Å². The number of nitrogens with zero attached hydrogens (tertiary/aromatic N) is 1. The molecule has 0 atom stereocenters. The number of amides is 2. The van der Waals surface area contributed by atoms with Crippen molar-refractivity contribution in [2.75, 3.05) is 19.1 Å². The van der Waals surface area contributed by atoms with E-state index in [2.05, 4.69) is 4.74 Å². The fraction of sp³-hybridized carbons (Fsp3) is 0.273. The zero-order valence-electron chi connectivity index (χ0n) is 9.53. The molecule has 102 valence electrons. The summed E-state index contributed by atoms with van der Waals surface area (Å²) < 4.78 is 40.0. The first kappa shape index (κ1) is 13.3. The Morgan fingerprint density at radius 3 is 2.42 bits per heavy atom. The number of imide groups is 1. The molecule has 19 heavy (non-hydrogen) atoms. The molecule has 2 amide bonds. The third kappa shape index (κ3) is 2.68. The monoisotopic (exact) mass is 274 g/mol. The summed E-state index contributed by atoms with van der Waals surface area (Å²) in [5.74, 6) is -1.41. The smallest absolute Gasteiger partial charge is 0.399 e. The molecule has 0 aromatic heterocycles. The molecule has 1 aromatic rings. The number of hydrogen-bond acceptors (Lipinski definition) is 4. The van der Waals surface area contributed by atoms with E-state index in [4.69, 9.17) is 5.73 Å². The van der Waals surface area contributed by atoms with E-state index in [-0.39, 0.29) is 16.8 Å². The standard InChI is InChI=1S/C11H9F3N2O3/c12-11(13,14)4-19-5-16-9(17)7-2-1-6(15)3-8(7)10(16)18/h1-3H,4-5,15H2. The van der Waals surface area contributed by atoms with Gasteiger partial charge in [0.25, 0.3) is 11.8 Å². The van der Waals surface area contributed by atoms with Gasteiger partial charge in [-0.15, -0.1) is 0 Å². The van der Waals surface area contributed by atoms with Crippen molar-refractivity contribution in [3.05, 3.63) is 29.3 Å². The van der Waals surface area contributed by atoms with E-state index in [1.165, 1.54) is 18.2 Å². The lowest BCUT2D eigenvalue weighted by atomic mass is 10.1. The Labute approximate surface area is 105 Å². The Bertz CT molecular complexity index is 542. The predicted molar refractivity (Wildman–Crippen MR) is 58.2 cm³/mol. The highest BCUT2D eigenvalue weighted by Crippen LogP contribution is 2.25. The number of anilines is 1. The minimum Gasteiger partial charge on any atom is -0.399 e. The summed E-state index contributed by atoms with van der Waals surface area (Å²) in [7, 11) is 0. The lowest BCUT2D eigenvalue weighted by Crippen LogP contribution is -2.33. The van der Waals surface area contributed by atoms with E-state index in [0.29, 0.717) is 4.90 Å². The quantitative estimate of drug-likeness (QED) is 0.668. The van der Waals surface area contributed by atoms with Crippen LogP contribution in [0.2, 0.25) is 0 Å². The molecule has 2 rings (SSSR count). The number of nitrogen functional groups attached to an aromatic ring is 1. The van der Waals surface area contributed by atoms with E-state index in [1.807, 2.05) is 0 Å². The number of fused-ring (bicyclic) bond motifs is 1. The van der Waals surface area contributed by atoms with Crippen LogP contribution in [0.4, 0.5) is 18.9 Å². The van der Waals surface area contributed by atoms with E-state index in [1.54, 1.807) is 0 Å².